The molecule has 2 aromatic carbocycles. The summed E-state index contributed by atoms with van der Waals surface area (Å²) in [4.78, 5) is 0. The van der Waals surface area contributed by atoms with Gasteiger partial charge in [-0.25, -0.2) is 0 Å². The van der Waals surface area contributed by atoms with E-state index in [1.807, 2.05) is 17.8 Å². The highest BCUT2D eigenvalue weighted by molar-refractivity contribution is 7.01. The minimum Gasteiger partial charge on any atom is -0.401 e. The average Bonchev–Trinajstić information content (AvgIpc) is 2.53. The van der Waals surface area contributed by atoms with Gasteiger partial charge in [-0.3, -0.25) is 0 Å². The topological polar surface area (TPSA) is 9.23 Å². The maximum atomic E-state index is 6.41. The van der Waals surface area contributed by atoms with Crippen LogP contribution < -0.4 is 10.4 Å². The van der Waals surface area contributed by atoms with Gasteiger partial charge in [-0.15, -0.1) is 6.58 Å². The van der Waals surface area contributed by atoms with Crippen LogP contribution >= 0.6 is 0 Å². The zero-order valence-corrected chi connectivity index (χ0v) is 13.8. The first-order valence-electron chi connectivity index (χ1n) is 7.21. The van der Waals surface area contributed by atoms with Crippen molar-refractivity contribution in [3.05, 3.63) is 84.6 Å². The van der Waals surface area contributed by atoms with E-state index in [4.69, 9.17) is 4.43 Å². The number of rotatable bonds is 6. The van der Waals surface area contributed by atoms with Gasteiger partial charge in [0.05, 0.1) is 6.61 Å². The molecule has 1 nitrogen and oxygen atoms in total. The van der Waals surface area contributed by atoms with Crippen molar-refractivity contribution < 1.29 is 4.43 Å². The quantitative estimate of drug-likeness (QED) is 0.586. The first-order chi connectivity index (χ1) is 10.2. The molecule has 0 aliphatic carbocycles. The second kappa shape index (κ2) is 7.20. The first kappa shape index (κ1) is 15.5. The van der Waals surface area contributed by atoms with Crippen molar-refractivity contribution in [3.8, 4) is 0 Å². The third kappa shape index (κ3) is 3.60. The molecule has 0 aliphatic heterocycles. The summed E-state index contributed by atoms with van der Waals surface area (Å²) in [5.41, 5.74) is 3.29. The largest absolute Gasteiger partial charge is 0.401 e. The Morgan fingerprint density at radius 1 is 0.952 bits per heavy atom. The van der Waals surface area contributed by atoms with Crippen molar-refractivity contribution in [2.45, 2.75) is 13.8 Å². The van der Waals surface area contributed by atoms with Gasteiger partial charge in [0.2, 0.25) is 0 Å². The molecule has 0 atom stereocenters. The molecule has 21 heavy (non-hydrogen) atoms. The lowest BCUT2D eigenvalue weighted by atomic mass is 10.3. The van der Waals surface area contributed by atoms with E-state index in [9.17, 15) is 0 Å². The molecule has 0 amide bonds. The summed E-state index contributed by atoms with van der Waals surface area (Å²) in [5.74, 6) is 0. The van der Waals surface area contributed by atoms with Gasteiger partial charge in [-0.05, 0) is 24.2 Å². The summed E-state index contributed by atoms with van der Waals surface area (Å²) in [6.07, 6.45) is 2.12. The van der Waals surface area contributed by atoms with Crippen LogP contribution in [0.1, 0.15) is 13.8 Å². The fourth-order valence-corrected chi connectivity index (χ4v) is 5.32. The second-order valence-electron chi connectivity index (χ2n) is 5.26. The lowest BCUT2D eigenvalue weighted by Gasteiger charge is -2.28. The standard InChI is InChI=1S/C19H22OSi/c1-4-21(20-16-15-17(2)3,18-11-7-5-8-12-18)19-13-9-6-10-14-19/h4-15H,1,16H2,2-3H3. The molecule has 0 N–H and O–H groups in total. The second-order valence-corrected chi connectivity index (χ2v) is 8.59. The van der Waals surface area contributed by atoms with E-state index >= 15 is 0 Å². The van der Waals surface area contributed by atoms with Gasteiger partial charge >= 0.3 is 0 Å². The van der Waals surface area contributed by atoms with E-state index in [2.05, 4.69) is 75.0 Å². The molecule has 0 heterocycles. The van der Waals surface area contributed by atoms with E-state index < -0.39 is 8.32 Å². The Labute approximate surface area is 128 Å². The van der Waals surface area contributed by atoms with Gasteiger partial charge in [-0.1, -0.05) is 78.0 Å². The van der Waals surface area contributed by atoms with Crippen LogP contribution in [0.5, 0.6) is 0 Å². The summed E-state index contributed by atoms with van der Waals surface area (Å²) in [5, 5.41) is 2.46. The molecule has 2 rings (SSSR count). The Kier molecular flexibility index (Phi) is 5.31. The SMILES string of the molecule is C=C[Si](OCC=C(C)C)(c1ccccc1)c1ccccc1. The Balaban J connectivity index is 2.46. The van der Waals surface area contributed by atoms with E-state index in [1.165, 1.54) is 15.9 Å². The number of hydrogen-bond donors (Lipinski definition) is 0. The van der Waals surface area contributed by atoms with Crippen LogP contribution in [-0.2, 0) is 4.43 Å². The predicted octanol–water partition coefficient (Wildman–Crippen LogP) is 3.45. The zero-order valence-electron chi connectivity index (χ0n) is 12.8. The fraction of sp³-hybridized carbons (Fsp3) is 0.158. The maximum absolute atomic E-state index is 6.41. The molecule has 0 saturated heterocycles. The number of benzene rings is 2. The molecule has 108 valence electrons. The van der Waals surface area contributed by atoms with E-state index in [-0.39, 0.29) is 0 Å². The van der Waals surface area contributed by atoms with Gasteiger partial charge in [0, 0.05) is 0 Å². The highest BCUT2D eigenvalue weighted by Crippen LogP contribution is 2.10. The summed E-state index contributed by atoms with van der Waals surface area (Å²) in [6.45, 7) is 8.89. The molecule has 0 aliphatic rings. The minimum atomic E-state index is -2.37. The Hall–Kier alpha value is -1.90. The highest BCUT2D eigenvalue weighted by atomic mass is 28.4. The monoisotopic (exact) mass is 294 g/mol. The van der Waals surface area contributed by atoms with E-state index in [1.54, 1.807) is 0 Å². The molecule has 0 unspecified atom stereocenters. The van der Waals surface area contributed by atoms with Crippen LogP contribution in [0.3, 0.4) is 0 Å². The third-order valence-electron chi connectivity index (χ3n) is 3.50. The van der Waals surface area contributed by atoms with Crippen molar-refractivity contribution in [1.82, 2.24) is 0 Å². The predicted molar refractivity (Wildman–Crippen MR) is 93.5 cm³/mol. The van der Waals surface area contributed by atoms with Crippen LogP contribution in [0.2, 0.25) is 0 Å². The van der Waals surface area contributed by atoms with Crippen LogP contribution in [0.15, 0.2) is 84.6 Å². The average molecular weight is 294 g/mol. The zero-order chi connectivity index (χ0) is 15.1. The molecule has 0 aromatic heterocycles. The molecular formula is C19H22OSi. The summed E-state index contributed by atoms with van der Waals surface area (Å²) < 4.78 is 6.41. The summed E-state index contributed by atoms with van der Waals surface area (Å²) in [7, 11) is -2.37. The lowest BCUT2D eigenvalue weighted by molar-refractivity contribution is 0.369. The van der Waals surface area contributed by atoms with Crippen LogP contribution in [0, 0.1) is 0 Å². The van der Waals surface area contributed by atoms with Gasteiger partial charge < -0.3 is 4.43 Å². The summed E-state index contributed by atoms with van der Waals surface area (Å²) >= 11 is 0. The van der Waals surface area contributed by atoms with Gasteiger partial charge in [-0.2, -0.15) is 0 Å². The Morgan fingerprint density at radius 3 is 1.81 bits per heavy atom. The van der Waals surface area contributed by atoms with Crippen LogP contribution in [0.4, 0.5) is 0 Å². The molecule has 0 spiro atoms. The summed E-state index contributed by atoms with van der Waals surface area (Å²) in [6, 6.07) is 20.9. The first-order valence-corrected chi connectivity index (χ1v) is 9.19. The molecule has 0 saturated carbocycles. The van der Waals surface area contributed by atoms with Gasteiger partial charge in [0.25, 0.3) is 8.32 Å². The Bertz CT molecular complexity index is 558. The van der Waals surface area contributed by atoms with Crippen molar-refractivity contribution in [3.63, 3.8) is 0 Å². The van der Waals surface area contributed by atoms with Crippen molar-refractivity contribution in [2.24, 2.45) is 0 Å². The molecule has 0 bridgehead atoms. The van der Waals surface area contributed by atoms with Crippen molar-refractivity contribution >= 4 is 18.7 Å². The third-order valence-corrected chi connectivity index (χ3v) is 7.07. The lowest BCUT2D eigenvalue weighted by Crippen LogP contribution is -2.59. The molecular weight excluding hydrogens is 272 g/mol. The number of hydrogen-bond acceptors (Lipinski definition) is 1. The van der Waals surface area contributed by atoms with Crippen molar-refractivity contribution in [2.75, 3.05) is 6.61 Å². The number of allylic oxidation sites excluding steroid dienone is 1. The van der Waals surface area contributed by atoms with E-state index in [0.29, 0.717) is 6.61 Å². The van der Waals surface area contributed by atoms with Gasteiger partial charge in [0.1, 0.15) is 0 Å². The minimum absolute atomic E-state index is 0.615. The van der Waals surface area contributed by atoms with Crippen LogP contribution in [0.25, 0.3) is 0 Å². The molecule has 0 radical (unpaired) electrons. The smallest absolute Gasteiger partial charge is 0.280 e. The molecule has 2 aromatic rings. The van der Waals surface area contributed by atoms with Crippen LogP contribution in [-0.4, -0.2) is 14.9 Å². The normalized spacial score (nSPS) is 11.0. The van der Waals surface area contributed by atoms with E-state index in [0.717, 1.165) is 0 Å². The molecule has 2 heteroatoms. The highest BCUT2D eigenvalue weighted by Gasteiger charge is 2.36. The maximum Gasteiger partial charge on any atom is 0.280 e. The molecule has 0 fully saturated rings. The Morgan fingerprint density at radius 2 is 1.43 bits per heavy atom. The van der Waals surface area contributed by atoms with Crippen molar-refractivity contribution in [1.29, 1.82) is 0 Å². The fourth-order valence-electron chi connectivity index (χ4n) is 2.34. The van der Waals surface area contributed by atoms with Gasteiger partial charge in [0.15, 0.2) is 0 Å².